The Hall–Kier alpha value is -4.19. The summed E-state index contributed by atoms with van der Waals surface area (Å²) in [5.41, 5.74) is 6.25. The van der Waals surface area contributed by atoms with Crippen molar-refractivity contribution in [3.8, 4) is 22.6 Å². The Kier molecular flexibility index (Phi) is 3.95. The molecular formula is C23H17N5O. The summed E-state index contributed by atoms with van der Waals surface area (Å²) in [7, 11) is 0. The van der Waals surface area contributed by atoms with E-state index in [4.69, 9.17) is 0 Å². The molecule has 0 saturated heterocycles. The summed E-state index contributed by atoms with van der Waals surface area (Å²) < 4.78 is 0. The van der Waals surface area contributed by atoms with Gasteiger partial charge in [0.25, 0.3) is 5.56 Å². The van der Waals surface area contributed by atoms with Gasteiger partial charge in [0, 0.05) is 40.6 Å². The highest BCUT2D eigenvalue weighted by Gasteiger charge is 2.18. The molecule has 6 nitrogen and oxygen atoms in total. The second-order valence-electron chi connectivity index (χ2n) is 6.72. The minimum Gasteiger partial charge on any atom is -0.355 e. The molecular weight excluding hydrogens is 362 g/mol. The van der Waals surface area contributed by atoms with E-state index in [9.17, 15) is 4.79 Å². The van der Waals surface area contributed by atoms with E-state index in [1.807, 2.05) is 60.7 Å². The number of aromatic nitrogens is 4. The lowest BCUT2D eigenvalue weighted by atomic mass is 10.1. The molecule has 2 aromatic heterocycles. The number of hydrogen-bond acceptors (Lipinski definition) is 4. The standard InChI is InChI=1S/C23H17N5O/c1-14(15-9-11-24-12-10-15)25-16-7-8-19-20(13-16)27-22(26-19)21-17-5-3-2-4-6-18(17)28-23(21)29/h2-13,25H,1H2,(H,26,27)(H,28,29). The van der Waals surface area contributed by atoms with Crippen molar-refractivity contribution in [1.29, 1.82) is 0 Å². The molecule has 5 rings (SSSR count). The highest BCUT2D eigenvalue weighted by molar-refractivity contribution is 5.88. The van der Waals surface area contributed by atoms with Gasteiger partial charge in [-0.25, -0.2) is 4.98 Å². The van der Waals surface area contributed by atoms with Crippen LogP contribution >= 0.6 is 0 Å². The number of fused-ring (bicyclic) bond motifs is 2. The van der Waals surface area contributed by atoms with Gasteiger partial charge in [-0.15, -0.1) is 0 Å². The summed E-state index contributed by atoms with van der Waals surface area (Å²) in [6, 6.07) is 19.1. The third-order valence-corrected chi connectivity index (χ3v) is 4.83. The van der Waals surface area contributed by atoms with Gasteiger partial charge < -0.3 is 15.3 Å². The molecule has 0 amide bonds. The zero-order valence-corrected chi connectivity index (χ0v) is 15.4. The van der Waals surface area contributed by atoms with Crippen molar-refractivity contribution in [2.45, 2.75) is 0 Å². The van der Waals surface area contributed by atoms with Gasteiger partial charge in [-0.2, -0.15) is 0 Å². The first-order valence-corrected chi connectivity index (χ1v) is 9.16. The minimum absolute atomic E-state index is 0.158. The van der Waals surface area contributed by atoms with Crippen LogP contribution in [0.15, 0.2) is 84.4 Å². The first-order valence-electron chi connectivity index (χ1n) is 9.16. The highest BCUT2D eigenvalue weighted by atomic mass is 16.1. The molecule has 3 N–H and O–H groups in total. The third kappa shape index (κ3) is 3.06. The number of anilines is 1. The number of nitrogens with one attached hydrogen (secondary N) is 3. The normalized spacial score (nSPS) is 11.0. The molecule has 29 heavy (non-hydrogen) atoms. The molecule has 2 aliphatic rings. The molecule has 0 bridgehead atoms. The van der Waals surface area contributed by atoms with E-state index in [0.717, 1.165) is 39.2 Å². The van der Waals surface area contributed by atoms with E-state index >= 15 is 0 Å². The lowest BCUT2D eigenvalue weighted by Gasteiger charge is -2.09. The van der Waals surface area contributed by atoms with E-state index in [2.05, 4.69) is 31.8 Å². The molecule has 1 aliphatic heterocycles. The van der Waals surface area contributed by atoms with Crippen molar-refractivity contribution in [1.82, 2.24) is 19.9 Å². The first-order chi connectivity index (χ1) is 14.2. The summed E-state index contributed by atoms with van der Waals surface area (Å²) in [5.74, 6) is 0.549. The van der Waals surface area contributed by atoms with E-state index in [1.165, 1.54) is 0 Å². The van der Waals surface area contributed by atoms with Gasteiger partial charge in [-0.3, -0.25) is 9.78 Å². The van der Waals surface area contributed by atoms with Crippen LogP contribution in [0.4, 0.5) is 5.69 Å². The average Bonchev–Trinajstić information content (AvgIpc) is 3.20. The van der Waals surface area contributed by atoms with Crippen LogP contribution in [-0.4, -0.2) is 19.9 Å². The smallest absolute Gasteiger partial charge is 0.260 e. The summed E-state index contributed by atoms with van der Waals surface area (Å²) in [6.07, 6.45) is 3.46. The second-order valence-corrected chi connectivity index (χ2v) is 6.72. The molecule has 3 aromatic rings. The summed E-state index contributed by atoms with van der Waals surface area (Å²) in [4.78, 5) is 27.4. The maximum Gasteiger partial charge on any atom is 0.260 e. The molecule has 1 aromatic carbocycles. The number of benzene rings is 1. The van der Waals surface area contributed by atoms with Crippen LogP contribution in [0.1, 0.15) is 5.56 Å². The van der Waals surface area contributed by atoms with Crippen molar-refractivity contribution < 1.29 is 0 Å². The first kappa shape index (κ1) is 16.9. The summed E-state index contributed by atoms with van der Waals surface area (Å²) in [6.45, 7) is 4.09. The number of hydrogen-bond donors (Lipinski definition) is 3. The number of H-pyrrole nitrogens is 2. The van der Waals surface area contributed by atoms with Gasteiger partial charge in [0.2, 0.25) is 0 Å². The average molecular weight is 379 g/mol. The fourth-order valence-corrected chi connectivity index (χ4v) is 3.42. The van der Waals surface area contributed by atoms with Crippen molar-refractivity contribution in [3.05, 3.63) is 95.6 Å². The van der Waals surface area contributed by atoms with Crippen LogP contribution in [0, 0.1) is 0 Å². The van der Waals surface area contributed by atoms with Gasteiger partial charge >= 0.3 is 0 Å². The van der Waals surface area contributed by atoms with E-state index in [-0.39, 0.29) is 5.56 Å². The maximum atomic E-state index is 12.5. The van der Waals surface area contributed by atoms with Gasteiger partial charge in [-0.05, 0) is 36.4 Å². The fourth-order valence-electron chi connectivity index (χ4n) is 3.42. The van der Waals surface area contributed by atoms with E-state index in [0.29, 0.717) is 11.4 Å². The second kappa shape index (κ2) is 6.76. The maximum absolute atomic E-state index is 12.5. The van der Waals surface area contributed by atoms with Crippen LogP contribution < -0.4 is 10.9 Å². The molecule has 0 saturated carbocycles. The molecule has 6 heteroatoms. The predicted molar refractivity (Wildman–Crippen MR) is 116 cm³/mol. The van der Waals surface area contributed by atoms with Gasteiger partial charge in [0.05, 0.1) is 16.6 Å². The Balaban J connectivity index is 1.52. The Morgan fingerprint density at radius 3 is 2.66 bits per heavy atom. The number of nitrogens with zero attached hydrogens (tertiary/aromatic N) is 2. The molecule has 140 valence electrons. The predicted octanol–water partition coefficient (Wildman–Crippen LogP) is 4.50. The summed E-state index contributed by atoms with van der Waals surface area (Å²) >= 11 is 0. The number of imidazole rings is 1. The highest BCUT2D eigenvalue weighted by Crippen LogP contribution is 2.30. The zero-order valence-electron chi connectivity index (χ0n) is 15.4. The van der Waals surface area contributed by atoms with E-state index in [1.54, 1.807) is 12.4 Å². The van der Waals surface area contributed by atoms with Crippen molar-refractivity contribution in [2.75, 3.05) is 5.32 Å². The lowest BCUT2D eigenvalue weighted by Crippen LogP contribution is -2.01. The SMILES string of the molecule is C=C(Nc1ccc2nc(-c3c4cccccc-4[nH]c3=O)[nH]c2c1)c1ccncc1. The Morgan fingerprint density at radius 1 is 0.966 bits per heavy atom. The quantitative estimate of drug-likeness (QED) is 0.429. The largest absolute Gasteiger partial charge is 0.355 e. The van der Waals surface area contributed by atoms with Crippen molar-refractivity contribution in [3.63, 3.8) is 0 Å². The monoisotopic (exact) mass is 379 g/mol. The molecule has 0 fully saturated rings. The Labute approximate surface area is 166 Å². The summed E-state index contributed by atoms with van der Waals surface area (Å²) in [5, 5.41) is 3.30. The number of aromatic amines is 2. The Bertz CT molecular complexity index is 1370. The minimum atomic E-state index is -0.158. The fraction of sp³-hybridized carbons (Fsp3) is 0. The van der Waals surface area contributed by atoms with Gasteiger partial charge in [0.1, 0.15) is 5.82 Å². The van der Waals surface area contributed by atoms with Crippen LogP contribution in [-0.2, 0) is 0 Å². The molecule has 0 unspecified atom stereocenters. The van der Waals surface area contributed by atoms with Crippen LogP contribution in [0.25, 0.3) is 39.4 Å². The van der Waals surface area contributed by atoms with Crippen molar-refractivity contribution in [2.24, 2.45) is 0 Å². The third-order valence-electron chi connectivity index (χ3n) is 4.83. The molecule has 3 heterocycles. The van der Waals surface area contributed by atoms with Gasteiger partial charge in [0.15, 0.2) is 0 Å². The van der Waals surface area contributed by atoms with Crippen LogP contribution in [0.3, 0.4) is 0 Å². The molecule has 0 atom stereocenters. The number of pyridine rings is 1. The topological polar surface area (TPSA) is 86.5 Å². The zero-order chi connectivity index (χ0) is 19.8. The number of rotatable bonds is 4. The lowest BCUT2D eigenvalue weighted by molar-refractivity contribution is 1.29. The Morgan fingerprint density at radius 2 is 1.79 bits per heavy atom. The van der Waals surface area contributed by atoms with Crippen molar-refractivity contribution >= 4 is 22.4 Å². The molecule has 0 spiro atoms. The molecule has 0 radical (unpaired) electrons. The molecule has 1 aliphatic carbocycles. The van der Waals surface area contributed by atoms with Gasteiger partial charge in [-0.1, -0.05) is 30.8 Å². The van der Waals surface area contributed by atoms with Crippen LogP contribution in [0.2, 0.25) is 0 Å². The van der Waals surface area contributed by atoms with Crippen LogP contribution in [0.5, 0.6) is 0 Å². The van der Waals surface area contributed by atoms with E-state index < -0.39 is 0 Å².